The molecule has 0 aromatic heterocycles. The van der Waals surface area contributed by atoms with Crippen molar-refractivity contribution in [3.63, 3.8) is 0 Å². The third-order valence-corrected chi connectivity index (χ3v) is 4.80. The molecule has 2 aromatic rings. The molecule has 0 amide bonds. The molecule has 0 saturated heterocycles. The Morgan fingerprint density at radius 1 is 1.20 bits per heavy atom. The maximum atomic E-state index is 9.75. The van der Waals surface area contributed by atoms with Crippen LogP contribution >= 0.6 is 11.8 Å². The molecule has 1 unspecified atom stereocenters. The van der Waals surface area contributed by atoms with Crippen LogP contribution in [0.4, 0.5) is 0 Å². The first-order valence-electron chi connectivity index (χ1n) is 6.88. The Bertz CT molecular complexity index is 570. The van der Waals surface area contributed by atoms with E-state index in [1.165, 1.54) is 10.5 Å². The van der Waals surface area contributed by atoms with Crippen molar-refractivity contribution in [1.82, 2.24) is 0 Å². The smallest absolute Gasteiger partial charge is 0.125 e. The summed E-state index contributed by atoms with van der Waals surface area (Å²) in [6.45, 7) is 2.44. The molecule has 0 bridgehead atoms. The van der Waals surface area contributed by atoms with E-state index in [-0.39, 0.29) is 0 Å². The number of hydrogen-bond donors (Lipinski definition) is 1. The van der Waals surface area contributed by atoms with Crippen molar-refractivity contribution in [3.05, 3.63) is 59.7 Å². The van der Waals surface area contributed by atoms with Gasteiger partial charge < -0.3 is 9.84 Å². The van der Waals surface area contributed by atoms with Crippen LogP contribution in [-0.2, 0) is 6.42 Å². The Morgan fingerprint density at radius 3 is 2.75 bits per heavy atom. The lowest BCUT2D eigenvalue weighted by Gasteiger charge is -2.15. The van der Waals surface area contributed by atoms with Gasteiger partial charge in [-0.2, -0.15) is 0 Å². The van der Waals surface area contributed by atoms with Crippen LogP contribution in [0.2, 0.25) is 0 Å². The predicted molar refractivity (Wildman–Crippen MR) is 82.4 cm³/mol. The van der Waals surface area contributed by atoms with Crippen LogP contribution in [0.5, 0.6) is 5.75 Å². The van der Waals surface area contributed by atoms with Crippen molar-refractivity contribution >= 4 is 11.8 Å². The van der Waals surface area contributed by atoms with E-state index in [0.29, 0.717) is 11.9 Å². The number of benzene rings is 2. The lowest BCUT2D eigenvalue weighted by Crippen LogP contribution is -2.14. The second kappa shape index (κ2) is 5.90. The van der Waals surface area contributed by atoms with E-state index in [9.17, 15) is 5.11 Å². The van der Waals surface area contributed by atoms with Gasteiger partial charge in [0.05, 0.1) is 6.10 Å². The highest BCUT2D eigenvalue weighted by atomic mass is 32.2. The standard InChI is InChI=1S/C17H18O2S/c1-12(18)15-7-3-4-8-16(15)19-11-14-10-13-6-2-5-9-17(13)20-14/h2-9,12,14,18H,10-11H2,1H3/t12-,14?/m0/s1. The minimum Gasteiger partial charge on any atom is -0.492 e. The third kappa shape index (κ3) is 2.84. The molecule has 1 N–H and O–H groups in total. The molecule has 2 aromatic carbocycles. The first-order chi connectivity index (χ1) is 9.74. The minimum absolute atomic E-state index is 0.453. The minimum atomic E-state index is -0.500. The normalized spacial score (nSPS) is 18.6. The number of fused-ring (bicyclic) bond motifs is 1. The number of ether oxygens (including phenoxy) is 1. The van der Waals surface area contributed by atoms with Crippen LogP contribution in [-0.4, -0.2) is 17.0 Å². The number of aliphatic hydroxyl groups excluding tert-OH is 1. The molecule has 1 aliphatic heterocycles. The zero-order valence-electron chi connectivity index (χ0n) is 11.5. The highest BCUT2D eigenvalue weighted by Gasteiger charge is 2.22. The molecular weight excluding hydrogens is 268 g/mol. The summed E-state index contributed by atoms with van der Waals surface area (Å²) in [6.07, 6.45) is 0.553. The van der Waals surface area contributed by atoms with Gasteiger partial charge in [-0.3, -0.25) is 0 Å². The molecular formula is C17H18O2S. The van der Waals surface area contributed by atoms with Gasteiger partial charge in [0.25, 0.3) is 0 Å². The van der Waals surface area contributed by atoms with E-state index in [1.54, 1.807) is 6.92 Å². The van der Waals surface area contributed by atoms with Gasteiger partial charge >= 0.3 is 0 Å². The van der Waals surface area contributed by atoms with Crippen LogP contribution in [0.15, 0.2) is 53.4 Å². The maximum absolute atomic E-state index is 9.75. The Morgan fingerprint density at radius 2 is 1.95 bits per heavy atom. The van der Waals surface area contributed by atoms with Crippen LogP contribution < -0.4 is 4.74 Å². The monoisotopic (exact) mass is 286 g/mol. The van der Waals surface area contributed by atoms with Crippen LogP contribution in [0.3, 0.4) is 0 Å². The molecule has 3 rings (SSSR count). The number of hydrogen-bond acceptors (Lipinski definition) is 3. The van der Waals surface area contributed by atoms with E-state index < -0.39 is 6.10 Å². The number of para-hydroxylation sites is 1. The van der Waals surface area contributed by atoms with E-state index in [1.807, 2.05) is 36.0 Å². The first-order valence-corrected chi connectivity index (χ1v) is 7.76. The van der Waals surface area contributed by atoms with Gasteiger partial charge in [-0.15, -0.1) is 11.8 Å². The van der Waals surface area contributed by atoms with E-state index in [0.717, 1.165) is 17.7 Å². The fourth-order valence-corrected chi connectivity index (χ4v) is 3.70. The van der Waals surface area contributed by atoms with Crippen molar-refractivity contribution in [2.75, 3.05) is 6.61 Å². The number of rotatable bonds is 4. The Hall–Kier alpha value is -1.45. The van der Waals surface area contributed by atoms with Crippen LogP contribution in [0.25, 0.3) is 0 Å². The molecule has 2 atom stereocenters. The molecule has 3 heteroatoms. The average Bonchev–Trinajstić information content (AvgIpc) is 2.88. The summed E-state index contributed by atoms with van der Waals surface area (Å²) in [6, 6.07) is 16.2. The summed E-state index contributed by atoms with van der Waals surface area (Å²) >= 11 is 1.88. The van der Waals surface area contributed by atoms with E-state index in [2.05, 4.69) is 24.3 Å². The van der Waals surface area contributed by atoms with Crippen molar-refractivity contribution in [3.8, 4) is 5.75 Å². The van der Waals surface area contributed by atoms with Gasteiger partial charge in [0.15, 0.2) is 0 Å². The quantitative estimate of drug-likeness (QED) is 0.926. The molecule has 1 heterocycles. The van der Waals surface area contributed by atoms with Gasteiger partial charge in [-0.1, -0.05) is 36.4 Å². The van der Waals surface area contributed by atoms with Gasteiger partial charge in [0.1, 0.15) is 12.4 Å². The molecule has 0 aliphatic carbocycles. The van der Waals surface area contributed by atoms with Gasteiger partial charge in [0, 0.05) is 15.7 Å². The van der Waals surface area contributed by atoms with Gasteiger partial charge in [-0.25, -0.2) is 0 Å². The zero-order valence-corrected chi connectivity index (χ0v) is 12.3. The molecule has 0 spiro atoms. The summed E-state index contributed by atoms with van der Waals surface area (Å²) < 4.78 is 5.93. The zero-order chi connectivity index (χ0) is 13.9. The average molecular weight is 286 g/mol. The molecule has 104 valence electrons. The summed E-state index contributed by atoms with van der Waals surface area (Å²) in [7, 11) is 0. The van der Waals surface area contributed by atoms with Crippen LogP contribution in [0.1, 0.15) is 24.2 Å². The second-order valence-electron chi connectivity index (χ2n) is 5.08. The van der Waals surface area contributed by atoms with Crippen molar-refractivity contribution in [2.45, 2.75) is 29.6 Å². The lowest BCUT2D eigenvalue weighted by molar-refractivity contribution is 0.191. The SMILES string of the molecule is C[C@H](O)c1ccccc1OCC1Cc2ccccc2S1. The molecule has 20 heavy (non-hydrogen) atoms. The summed E-state index contributed by atoms with van der Waals surface area (Å²) in [5, 5.41) is 10.2. The van der Waals surface area contributed by atoms with E-state index in [4.69, 9.17) is 4.74 Å². The second-order valence-corrected chi connectivity index (χ2v) is 6.42. The topological polar surface area (TPSA) is 29.5 Å². The first kappa shape index (κ1) is 13.5. The largest absolute Gasteiger partial charge is 0.492 e. The highest BCUT2D eigenvalue weighted by Crippen LogP contribution is 2.37. The summed E-state index contributed by atoms with van der Waals surface area (Å²) in [5.41, 5.74) is 2.27. The number of aliphatic hydroxyl groups is 1. The van der Waals surface area contributed by atoms with Crippen LogP contribution in [0, 0.1) is 0 Å². The van der Waals surface area contributed by atoms with E-state index >= 15 is 0 Å². The van der Waals surface area contributed by atoms with Gasteiger partial charge in [0.2, 0.25) is 0 Å². The Labute approximate surface area is 123 Å². The molecule has 0 fully saturated rings. The molecule has 0 saturated carbocycles. The number of thioether (sulfide) groups is 1. The third-order valence-electron chi connectivity index (χ3n) is 3.51. The van der Waals surface area contributed by atoms with Gasteiger partial charge in [-0.05, 0) is 31.0 Å². The van der Waals surface area contributed by atoms with Crippen molar-refractivity contribution in [1.29, 1.82) is 0 Å². The lowest BCUT2D eigenvalue weighted by atomic mass is 10.1. The predicted octanol–water partition coefficient (Wildman–Crippen LogP) is 3.84. The molecule has 1 aliphatic rings. The summed E-state index contributed by atoms with van der Waals surface area (Å²) in [4.78, 5) is 1.37. The van der Waals surface area contributed by atoms with Crippen molar-refractivity contribution in [2.24, 2.45) is 0 Å². The highest BCUT2D eigenvalue weighted by molar-refractivity contribution is 8.00. The summed E-state index contributed by atoms with van der Waals surface area (Å²) in [5.74, 6) is 0.791. The molecule has 2 nitrogen and oxygen atoms in total. The van der Waals surface area contributed by atoms with Crippen molar-refractivity contribution < 1.29 is 9.84 Å². The fraction of sp³-hybridized carbons (Fsp3) is 0.294. The maximum Gasteiger partial charge on any atom is 0.125 e. The fourth-order valence-electron chi connectivity index (χ4n) is 2.49. The molecule has 0 radical (unpaired) electrons. The Balaban J connectivity index is 1.65. The Kier molecular flexibility index (Phi) is 3.99.